The van der Waals surface area contributed by atoms with Gasteiger partial charge >= 0.3 is 6.01 Å². The molecule has 3 heterocycles. The van der Waals surface area contributed by atoms with Crippen LogP contribution in [-0.4, -0.2) is 46.9 Å². The van der Waals surface area contributed by atoms with Gasteiger partial charge in [0.1, 0.15) is 11.0 Å². The molecular weight excluding hydrogens is 340 g/mol. The van der Waals surface area contributed by atoms with Crippen LogP contribution in [0.1, 0.15) is 12.8 Å². The Hall–Kier alpha value is -1.77. The first kappa shape index (κ1) is 16.1. The van der Waals surface area contributed by atoms with Crippen LogP contribution in [0.2, 0.25) is 5.02 Å². The number of rotatable bonds is 4. The minimum absolute atomic E-state index is 0.184. The Kier molecular flexibility index (Phi) is 4.74. The summed E-state index contributed by atoms with van der Waals surface area (Å²) in [6.07, 6.45) is 6.92. The molecule has 1 fully saturated rings. The molecule has 3 rings (SSSR count). The van der Waals surface area contributed by atoms with Crippen molar-refractivity contribution in [3.63, 3.8) is 0 Å². The maximum atomic E-state index is 12.6. The number of halogens is 1. The van der Waals surface area contributed by atoms with Crippen LogP contribution in [0.15, 0.2) is 41.8 Å². The van der Waals surface area contributed by atoms with E-state index >= 15 is 0 Å². The van der Waals surface area contributed by atoms with Gasteiger partial charge in [-0.05, 0) is 25.0 Å². The summed E-state index contributed by atoms with van der Waals surface area (Å²) in [5.41, 5.74) is 0. The van der Waals surface area contributed by atoms with Gasteiger partial charge in [0.15, 0.2) is 0 Å². The van der Waals surface area contributed by atoms with Gasteiger partial charge in [-0.2, -0.15) is 4.31 Å². The van der Waals surface area contributed by atoms with E-state index in [1.807, 2.05) is 0 Å². The third-order valence-corrected chi connectivity index (χ3v) is 5.53. The van der Waals surface area contributed by atoms with Crippen LogP contribution < -0.4 is 4.74 Å². The Morgan fingerprint density at radius 2 is 2.04 bits per heavy atom. The van der Waals surface area contributed by atoms with Crippen molar-refractivity contribution in [3.8, 4) is 6.01 Å². The molecule has 0 amide bonds. The van der Waals surface area contributed by atoms with E-state index in [1.165, 1.54) is 29.0 Å². The highest BCUT2D eigenvalue weighted by Crippen LogP contribution is 2.22. The topological polar surface area (TPSA) is 85.3 Å². The number of piperidine rings is 1. The fraction of sp³-hybridized carbons (Fsp3) is 0.357. The van der Waals surface area contributed by atoms with Crippen molar-refractivity contribution < 1.29 is 13.2 Å². The molecular formula is C14H15ClN4O3S. The molecule has 9 heteroatoms. The van der Waals surface area contributed by atoms with Crippen molar-refractivity contribution in [3.05, 3.63) is 41.9 Å². The van der Waals surface area contributed by atoms with Crippen LogP contribution in [0.5, 0.6) is 6.01 Å². The van der Waals surface area contributed by atoms with Crippen LogP contribution >= 0.6 is 11.6 Å². The fourth-order valence-corrected chi connectivity index (χ4v) is 3.95. The van der Waals surface area contributed by atoms with Crippen molar-refractivity contribution in [2.45, 2.75) is 23.8 Å². The molecule has 1 aliphatic heterocycles. The van der Waals surface area contributed by atoms with Crippen molar-refractivity contribution in [2.24, 2.45) is 0 Å². The van der Waals surface area contributed by atoms with Crippen molar-refractivity contribution in [1.29, 1.82) is 0 Å². The molecule has 0 radical (unpaired) electrons. The molecule has 1 saturated heterocycles. The third-order valence-electron chi connectivity index (χ3n) is 3.48. The van der Waals surface area contributed by atoms with Gasteiger partial charge in [0.25, 0.3) is 0 Å². The lowest BCUT2D eigenvalue weighted by Crippen LogP contribution is -2.44. The Morgan fingerprint density at radius 3 is 2.74 bits per heavy atom. The van der Waals surface area contributed by atoms with E-state index in [0.717, 1.165) is 6.42 Å². The molecule has 1 atom stereocenters. The number of hydrogen-bond acceptors (Lipinski definition) is 6. The van der Waals surface area contributed by atoms with Crippen LogP contribution in [0.25, 0.3) is 0 Å². The number of hydrogen-bond donors (Lipinski definition) is 0. The first-order chi connectivity index (χ1) is 11.1. The molecule has 0 saturated carbocycles. The summed E-state index contributed by atoms with van der Waals surface area (Å²) >= 11 is 5.73. The molecule has 0 aromatic carbocycles. The molecule has 122 valence electrons. The third kappa shape index (κ3) is 3.77. The quantitative estimate of drug-likeness (QED) is 0.831. The molecule has 23 heavy (non-hydrogen) atoms. The summed E-state index contributed by atoms with van der Waals surface area (Å²) < 4.78 is 32.3. The Balaban J connectivity index is 1.72. The second-order valence-electron chi connectivity index (χ2n) is 5.12. The summed E-state index contributed by atoms with van der Waals surface area (Å²) in [5, 5.41) is 0.418. The molecule has 0 N–H and O–H groups in total. The first-order valence-electron chi connectivity index (χ1n) is 7.10. The molecule has 1 aliphatic rings. The van der Waals surface area contributed by atoms with Crippen molar-refractivity contribution >= 4 is 21.6 Å². The molecule has 0 bridgehead atoms. The van der Waals surface area contributed by atoms with E-state index in [-0.39, 0.29) is 23.6 Å². The van der Waals surface area contributed by atoms with Crippen molar-refractivity contribution in [2.75, 3.05) is 13.1 Å². The van der Waals surface area contributed by atoms with Gasteiger partial charge in [0.05, 0.1) is 24.0 Å². The van der Waals surface area contributed by atoms with Crippen molar-refractivity contribution in [1.82, 2.24) is 19.3 Å². The van der Waals surface area contributed by atoms with Gasteiger partial charge in [0, 0.05) is 18.9 Å². The summed E-state index contributed by atoms with van der Waals surface area (Å²) in [4.78, 5) is 12.0. The largest absolute Gasteiger partial charge is 0.459 e. The number of pyridine rings is 1. The number of ether oxygens (including phenoxy) is 1. The Bertz CT molecular complexity index is 755. The van der Waals surface area contributed by atoms with E-state index in [4.69, 9.17) is 16.3 Å². The number of aromatic nitrogens is 3. The Morgan fingerprint density at radius 1 is 1.26 bits per heavy atom. The number of sulfonamides is 1. The van der Waals surface area contributed by atoms with Gasteiger partial charge in [-0.1, -0.05) is 11.6 Å². The minimum Gasteiger partial charge on any atom is -0.459 e. The lowest BCUT2D eigenvalue weighted by Gasteiger charge is -2.31. The highest BCUT2D eigenvalue weighted by Gasteiger charge is 2.31. The molecule has 1 unspecified atom stereocenters. The zero-order valence-corrected chi connectivity index (χ0v) is 13.7. The van der Waals surface area contributed by atoms with E-state index in [1.54, 1.807) is 12.3 Å². The van der Waals surface area contributed by atoms with E-state index in [2.05, 4.69) is 15.0 Å². The smallest absolute Gasteiger partial charge is 0.316 e. The summed E-state index contributed by atoms with van der Waals surface area (Å²) in [5.74, 6) is 0. The maximum Gasteiger partial charge on any atom is 0.316 e. The predicted molar refractivity (Wildman–Crippen MR) is 83.7 cm³/mol. The van der Waals surface area contributed by atoms with Crippen LogP contribution in [0, 0.1) is 0 Å². The Labute approximate surface area is 139 Å². The molecule has 2 aromatic rings. The second-order valence-corrected chi connectivity index (χ2v) is 7.49. The van der Waals surface area contributed by atoms with Crippen LogP contribution in [-0.2, 0) is 10.0 Å². The highest BCUT2D eigenvalue weighted by atomic mass is 35.5. The SMILES string of the molecule is O=S(=O)(c1cccnc1)N1CCCC(Oc2ncc(Cl)cn2)C1. The average Bonchev–Trinajstić information content (AvgIpc) is 2.58. The van der Waals surface area contributed by atoms with Crippen LogP contribution in [0.3, 0.4) is 0 Å². The average molecular weight is 355 g/mol. The predicted octanol–water partition coefficient (Wildman–Crippen LogP) is 1.76. The van der Waals surface area contributed by atoms with E-state index in [9.17, 15) is 8.42 Å². The monoisotopic (exact) mass is 354 g/mol. The maximum absolute atomic E-state index is 12.6. The van der Waals surface area contributed by atoms with Gasteiger partial charge in [0.2, 0.25) is 10.0 Å². The first-order valence-corrected chi connectivity index (χ1v) is 8.92. The second kappa shape index (κ2) is 6.77. The molecule has 7 nitrogen and oxygen atoms in total. The van der Waals surface area contributed by atoms with Gasteiger partial charge in [-0.25, -0.2) is 18.4 Å². The van der Waals surface area contributed by atoms with Crippen LogP contribution in [0.4, 0.5) is 0 Å². The van der Waals surface area contributed by atoms with Gasteiger partial charge in [-0.15, -0.1) is 0 Å². The lowest BCUT2D eigenvalue weighted by atomic mass is 10.1. The zero-order chi connectivity index (χ0) is 16.3. The highest BCUT2D eigenvalue weighted by molar-refractivity contribution is 7.89. The zero-order valence-electron chi connectivity index (χ0n) is 12.2. The summed E-state index contributed by atoms with van der Waals surface area (Å²) in [6.45, 7) is 0.710. The fourth-order valence-electron chi connectivity index (χ4n) is 2.38. The molecule has 2 aromatic heterocycles. The van der Waals surface area contributed by atoms with E-state index in [0.29, 0.717) is 18.0 Å². The summed E-state index contributed by atoms with van der Waals surface area (Å²) in [7, 11) is -3.57. The van der Waals surface area contributed by atoms with E-state index < -0.39 is 10.0 Å². The van der Waals surface area contributed by atoms with Gasteiger partial charge in [-0.3, -0.25) is 4.98 Å². The van der Waals surface area contributed by atoms with Gasteiger partial charge < -0.3 is 4.74 Å². The lowest BCUT2D eigenvalue weighted by molar-refractivity contribution is 0.119. The normalized spacial score (nSPS) is 19.4. The summed E-state index contributed by atoms with van der Waals surface area (Å²) in [6, 6.07) is 3.33. The number of nitrogens with zero attached hydrogens (tertiary/aromatic N) is 4. The molecule has 0 aliphatic carbocycles. The molecule has 0 spiro atoms. The standard InChI is InChI=1S/C14H15ClN4O3S/c15-11-7-17-14(18-8-11)22-12-3-2-6-19(10-12)23(20,21)13-4-1-5-16-9-13/h1,4-5,7-9,12H,2-3,6,10H2. The minimum atomic E-state index is -3.57.